The molecular weight excluding hydrogens is 288 g/mol. The van der Waals surface area contributed by atoms with Gasteiger partial charge in [-0.3, -0.25) is 0 Å². The van der Waals surface area contributed by atoms with E-state index in [1.165, 1.54) is 4.31 Å². The molecule has 0 aliphatic carbocycles. The van der Waals surface area contributed by atoms with E-state index in [-0.39, 0.29) is 17.5 Å². The third-order valence-electron chi connectivity index (χ3n) is 3.68. The summed E-state index contributed by atoms with van der Waals surface area (Å²) < 4.78 is 32.2. The Bertz CT molecular complexity index is 744. The van der Waals surface area contributed by atoms with Gasteiger partial charge in [-0.1, -0.05) is 24.3 Å². The fourth-order valence-electron chi connectivity index (χ4n) is 2.19. The Balaban J connectivity index is 2.68. The monoisotopic (exact) mass is 308 g/mol. The first-order valence-corrected chi connectivity index (χ1v) is 8.11. The molecule has 2 aromatic rings. The number of nitrogens with zero attached hydrogens (tertiary/aromatic N) is 1. The molecule has 0 aliphatic rings. The van der Waals surface area contributed by atoms with Crippen molar-refractivity contribution in [3.05, 3.63) is 36.4 Å². The smallest absolute Gasteiger partial charge is 0.243 e. The number of likely N-dealkylation sites (N-methyl/N-ethyl adjacent to an activating group) is 1. The molecule has 0 saturated carbocycles. The van der Waals surface area contributed by atoms with Crippen molar-refractivity contribution in [3.8, 4) is 5.75 Å². The highest BCUT2D eigenvalue weighted by Gasteiger charge is 2.26. The van der Waals surface area contributed by atoms with E-state index >= 15 is 0 Å². The molecule has 1 unspecified atom stereocenters. The summed E-state index contributed by atoms with van der Waals surface area (Å²) in [7, 11) is -0.489. The van der Waals surface area contributed by atoms with Crippen molar-refractivity contribution in [1.82, 2.24) is 4.31 Å². The second kappa shape index (κ2) is 6.01. The van der Waals surface area contributed by atoms with Gasteiger partial charge in [-0.15, -0.1) is 0 Å². The number of sulfonamides is 1. The first-order valence-electron chi connectivity index (χ1n) is 6.67. The second-order valence-corrected chi connectivity index (χ2v) is 6.88. The van der Waals surface area contributed by atoms with Crippen LogP contribution in [0.3, 0.4) is 0 Å². The van der Waals surface area contributed by atoms with Crippen LogP contribution in [0.25, 0.3) is 10.8 Å². The van der Waals surface area contributed by atoms with Crippen molar-refractivity contribution >= 4 is 20.8 Å². The SMILES string of the molecule is COc1ccc(S(=O)(=O)N(C)C(C)CN)c2ccccc12. The van der Waals surface area contributed by atoms with Crippen LogP contribution in [0.2, 0.25) is 0 Å². The molecule has 0 bridgehead atoms. The second-order valence-electron chi connectivity index (χ2n) is 4.92. The summed E-state index contributed by atoms with van der Waals surface area (Å²) in [6.45, 7) is 2.05. The largest absolute Gasteiger partial charge is 0.496 e. The Kier molecular flexibility index (Phi) is 4.51. The van der Waals surface area contributed by atoms with Gasteiger partial charge in [-0.2, -0.15) is 4.31 Å². The molecule has 0 radical (unpaired) electrons. The summed E-state index contributed by atoms with van der Waals surface area (Å²) in [4.78, 5) is 0.265. The molecule has 2 aromatic carbocycles. The summed E-state index contributed by atoms with van der Waals surface area (Å²) in [6.07, 6.45) is 0. The van der Waals surface area contributed by atoms with Crippen LogP contribution in [0.4, 0.5) is 0 Å². The Labute approximate surface area is 125 Å². The van der Waals surface area contributed by atoms with E-state index in [1.807, 2.05) is 18.2 Å². The van der Waals surface area contributed by atoms with Crippen LogP contribution < -0.4 is 10.5 Å². The number of rotatable bonds is 5. The predicted molar refractivity (Wildman–Crippen MR) is 84.0 cm³/mol. The molecule has 0 fully saturated rings. The topological polar surface area (TPSA) is 72.6 Å². The quantitative estimate of drug-likeness (QED) is 0.914. The number of methoxy groups -OCH3 is 1. The molecule has 2 rings (SSSR count). The van der Waals surface area contributed by atoms with Crippen LogP contribution >= 0.6 is 0 Å². The molecule has 1 atom stereocenters. The number of benzene rings is 2. The van der Waals surface area contributed by atoms with E-state index in [0.717, 1.165) is 5.39 Å². The summed E-state index contributed by atoms with van der Waals surface area (Å²) in [5.74, 6) is 0.652. The average molecular weight is 308 g/mol. The molecule has 21 heavy (non-hydrogen) atoms. The maximum Gasteiger partial charge on any atom is 0.243 e. The molecule has 0 spiro atoms. The van der Waals surface area contributed by atoms with Gasteiger partial charge in [0.15, 0.2) is 0 Å². The van der Waals surface area contributed by atoms with Crippen molar-refractivity contribution in [1.29, 1.82) is 0 Å². The normalized spacial score (nSPS) is 13.6. The lowest BCUT2D eigenvalue weighted by Crippen LogP contribution is -2.39. The molecule has 0 amide bonds. The zero-order chi connectivity index (χ0) is 15.6. The van der Waals surface area contributed by atoms with E-state index in [4.69, 9.17) is 10.5 Å². The van der Waals surface area contributed by atoms with Crippen molar-refractivity contribution in [2.45, 2.75) is 17.9 Å². The van der Waals surface area contributed by atoms with Gasteiger partial charge in [-0.25, -0.2) is 8.42 Å². The van der Waals surface area contributed by atoms with Gasteiger partial charge in [0.05, 0.1) is 12.0 Å². The molecule has 0 saturated heterocycles. The van der Waals surface area contributed by atoms with Crippen molar-refractivity contribution in [3.63, 3.8) is 0 Å². The van der Waals surface area contributed by atoms with Gasteiger partial charge < -0.3 is 10.5 Å². The van der Waals surface area contributed by atoms with Crippen LogP contribution in [-0.2, 0) is 10.0 Å². The van der Waals surface area contributed by atoms with Crippen LogP contribution in [0, 0.1) is 0 Å². The summed E-state index contributed by atoms with van der Waals surface area (Å²) in [5, 5.41) is 1.42. The molecule has 5 nitrogen and oxygen atoms in total. The summed E-state index contributed by atoms with van der Waals surface area (Å²) in [6, 6.07) is 10.3. The Hall–Kier alpha value is -1.63. The Morgan fingerprint density at radius 2 is 1.81 bits per heavy atom. The fraction of sp³-hybridized carbons (Fsp3) is 0.333. The number of nitrogens with two attached hydrogens (primary N) is 1. The molecule has 6 heteroatoms. The van der Waals surface area contributed by atoms with Crippen LogP contribution in [0.1, 0.15) is 6.92 Å². The van der Waals surface area contributed by atoms with Crippen LogP contribution in [0.15, 0.2) is 41.3 Å². The van der Waals surface area contributed by atoms with Gasteiger partial charge in [0, 0.05) is 30.4 Å². The van der Waals surface area contributed by atoms with Gasteiger partial charge in [0.25, 0.3) is 0 Å². The van der Waals surface area contributed by atoms with Gasteiger partial charge in [-0.05, 0) is 19.1 Å². The molecule has 0 aromatic heterocycles. The molecule has 0 heterocycles. The van der Waals surface area contributed by atoms with E-state index in [9.17, 15) is 8.42 Å². The highest BCUT2D eigenvalue weighted by Crippen LogP contribution is 2.32. The standard InChI is InChI=1S/C15H20N2O3S/c1-11(10-16)17(2)21(18,19)15-9-8-14(20-3)12-6-4-5-7-13(12)15/h4-9,11H,10,16H2,1-3H3. The molecular formula is C15H20N2O3S. The fourth-order valence-corrected chi connectivity index (χ4v) is 3.75. The minimum atomic E-state index is -3.60. The van der Waals surface area contributed by atoms with Gasteiger partial charge >= 0.3 is 0 Å². The van der Waals surface area contributed by atoms with Crippen molar-refractivity contribution < 1.29 is 13.2 Å². The minimum absolute atomic E-state index is 0.265. The average Bonchev–Trinajstić information content (AvgIpc) is 2.51. The lowest BCUT2D eigenvalue weighted by molar-refractivity contribution is 0.395. The summed E-state index contributed by atoms with van der Waals surface area (Å²) in [5.41, 5.74) is 5.58. The third kappa shape index (κ3) is 2.74. The van der Waals surface area contributed by atoms with Crippen molar-refractivity contribution in [2.75, 3.05) is 20.7 Å². The molecule has 2 N–H and O–H groups in total. The number of ether oxygens (including phenoxy) is 1. The molecule has 114 valence electrons. The maximum absolute atomic E-state index is 12.8. The van der Waals surface area contributed by atoms with Gasteiger partial charge in [0.2, 0.25) is 10.0 Å². The highest BCUT2D eigenvalue weighted by atomic mass is 32.2. The summed E-state index contributed by atoms with van der Waals surface area (Å²) >= 11 is 0. The molecule has 0 aliphatic heterocycles. The lowest BCUT2D eigenvalue weighted by atomic mass is 10.1. The van der Waals surface area contributed by atoms with Crippen LogP contribution in [0.5, 0.6) is 5.75 Å². The predicted octanol–water partition coefficient (Wildman–Crippen LogP) is 1.82. The van der Waals surface area contributed by atoms with Gasteiger partial charge in [0.1, 0.15) is 5.75 Å². The number of hydrogen-bond donors (Lipinski definition) is 1. The van der Waals surface area contributed by atoms with E-state index in [2.05, 4.69) is 0 Å². The highest BCUT2D eigenvalue weighted by molar-refractivity contribution is 7.89. The Morgan fingerprint density at radius 1 is 1.19 bits per heavy atom. The minimum Gasteiger partial charge on any atom is -0.496 e. The number of fused-ring (bicyclic) bond motifs is 1. The van der Waals surface area contributed by atoms with Crippen molar-refractivity contribution in [2.24, 2.45) is 5.73 Å². The van der Waals surface area contributed by atoms with E-state index < -0.39 is 10.0 Å². The third-order valence-corrected chi connectivity index (χ3v) is 5.71. The first kappa shape index (κ1) is 15.8. The first-order chi connectivity index (χ1) is 9.93. The van der Waals surface area contributed by atoms with Crippen LogP contribution in [-0.4, -0.2) is 39.5 Å². The zero-order valence-corrected chi connectivity index (χ0v) is 13.2. The van der Waals surface area contributed by atoms with E-state index in [1.54, 1.807) is 39.3 Å². The van der Waals surface area contributed by atoms with E-state index in [0.29, 0.717) is 11.1 Å². The lowest BCUT2D eigenvalue weighted by Gasteiger charge is -2.24. The number of hydrogen-bond acceptors (Lipinski definition) is 4. The maximum atomic E-state index is 12.8. The Morgan fingerprint density at radius 3 is 2.38 bits per heavy atom. The zero-order valence-electron chi connectivity index (χ0n) is 12.4.